The average molecular weight is 268 g/mol. The number of ether oxygens (including phenoxy) is 1. The number of hydrogen-bond acceptors (Lipinski definition) is 3. The molecule has 0 radical (unpaired) electrons. The average Bonchev–Trinajstić information content (AvgIpc) is 2.89. The van der Waals surface area contributed by atoms with Gasteiger partial charge in [-0.15, -0.1) is 0 Å². The van der Waals surface area contributed by atoms with E-state index in [1.165, 1.54) is 0 Å². The van der Waals surface area contributed by atoms with Crippen LogP contribution in [-0.2, 0) is 15.3 Å². The van der Waals surface area contributed by atoms with Gasteiger partial charge in [-0.25, -0.2) is 0 Å². The van der Waals surface area contributed by atoms with E-state index in [-0.39, 0.29) is 18.6 Å². The Labute approximate surface area is 110 Å². The Hall–Kier alpha value is -1.10. The number of halogens is 1. The molecule has 5 heteroatoms. The molecule has 2 aliphatic heterocycles. The summed E-state index contributed by atoms with van der Waals surface area (Å²) in [5.74, 6) is 0.0842. The molecular weight excluding hydrogens is 254 g/mol. The molecule has 0 aromatic heterocycles. The van der Waals surface area contributed by atoms with E-state index in [2.05, 4.69) is 0 Å². The van der Waals surface area contributed by atoms with Gasteiger partial charge >= 0.3 is 0 Å². The highest BCUT2D eigenvalue weighted by Gasteiger charge is 2.54. The first kappa shape index (κ1) is 12.0. The molecule has 2 aliphatic rings. The molecule has 0 spiro atoms. The Morgan fingerprint density at radius 2 is 2.17 bits per heavy atom. The van der Waals surface area contributed by atoms with Gasteiger partial charge in [0.25, 0.3) is 0 Å². The van der Waals surface area contributed by atoms with Crippen LogP contribution in [0.3, 0.4) is 0 Å². The molecule has 3 rings (SSSR count). The van der Waals surface area contributed by atoms with Crippen molar-refractivity contribution in [2.45, 2.75) is 24.7 Å². The first-order chi connectivity index (χ1) is 8.65. The first-order valence-corrected chi connectivity index (χ1v) is 6.39. The van der Waals surface area contributed by atoms with Crippen LogP contribution in [0, 0.1) is 0 Å². The minimum Gasteiger partial charge on any atom is -0.394 e. The van der Waals surface area contributed by atoms with Crippen molar-refractivity contribution >= 4 is 17.5 Å². The summed E-state index contributed by atoms with van der Waals surface area (Å²) in [5, 5.41) is 9.88. The van der Waals surface area contributed by atoms with Gasteiger partial charge in [0.05, 0.1) is 13.2 Å². The SMILES string of the molecule is O=C1CC[C@]2(c3ccc(Cl)cc3)O[C@H](CO)CN12. The number of carbonyl (C=O) groups excluding carboxylic acids is 1. The van der Waals surface area contributed by atoms with E-state index < -0.39 is 5.72 Å². The van der Waals surface area contributed by atoms with Crippen LogP contribution in [-0.4, -0.2) is 35.2 Å². The Morgan fingerprint density at radius 3 is 2.83 bits per heavy atom. The number of benzene rings is 1. The highest BCUT2D eigenvalue weighted by Crippen LogP contribution is 2.45. The Morgan fingerprint density at radius 1 is 1.44 bits per heavy atom. The summed E-state index contributed by atoms with van der Waals surface area (Å²) in [6.07, 6.45) is 0.815. The number of nitrogens with zero attached hydrogens (tertiary/aromatic N) is 1. The van der Waals surface area contributed by atoms with Gasteiger partial charge in [-0.2, -0.15) is 0 Å². The normalized spacial score (nSPS) is 30.9. The van der Waals surface area contributed by atoms with Gasteiger partial charge in [-0.05, 0) is 12.1 Å². The minimum atomic E-state index is -0.699. The smallest absolute Gasteiger partial charge is 0.225 e. The molecule has 1 aromatic carbocycles. The molecule has 0 saturated carbocycles. The molecule has 2 saturated heterocycles. The maximum absolute atomic E-state index is 11.9. The van der Waals surface area contributed by atoms with Crippen LogP contribution in [0.15, 0.2) is 24.3 Å². The van der Waals surface area contributed by atoms with Crippen LogP contribution >= 0.6 is 11.6 Å². The van der Waals surface area contributed by atoms with Gasteiger partial charge in [-0.1, -0.05) is 23.7 Å². The molecule has 2 atom stereocenters. The molecule has 96 valence electrons. The van der Waals surface area contributed by atoms with Crippen LogP contribution < -0.4 is 0 Å². The molecule has 2 fully saturated rings. The third-order valence-corrected chi connectivity index (χ3v) is 3.91. The largest absolute Gasteiger partial charge is 0.394 e. The third kappa shape index (κ3) is 1.64. The molecular formula is C13H14ClNO3. The van der Waals surface area contributed by atoms with Crippen molar-refractivity contribution in [1.29, 1.82) is 0 Å². The Bertz CT molecular complexity index is 476. The lowest BCUT2D eigenvalue weighted by Gasteiger charge is -2.31. The second kappa shape index (κ2) is 4.23. The van der Waals surface area contributed by atoms with Crippen molar-refractivity contribution in [3.8, 4) is 0 Å². The molecule has 1 amide bonds. The van der Waals surface area contributed by atoms with Crippen molar-refractivity contribution in [2.75, 3.05) is 13.2 Å². The number of hydrogen-bond donors (Lipinski definition) is 1. The summed E-state index contributed by atoms with van der Waals surface area (Å²) in [4.78, 5) is 13.6. The van der Waals surface area contributed by atoms with Crippen LogP contribution in [0.2, 0.25) is 5.02 Å². The fourth-order valence-electron chi connectivity index (χ4n) is 2.81. The van der Waals surface area contributed by atoms with Gasteiger partial charge in [0.2, 0.25) is 5.91 Å². The number of fused-ring (bicyclic) bond motifs is 1. The van der Waals surface area contributed by atoms with Crippen LogP contribution in [0.5, 0.6) is 0 Å². The lowest BCUT2D eigenvalue weighted by molar-refractivity contribution is -0.141. The van der Waals surface area contributed by atoms with Crippen molar-refractivity contribution in [2.24, 2.45) is 0 Å². The highest BCUT2D eigenvalue weighted by atomic mass is 35.5. The maximum atomic E-state index is 11.9. The summed E-state index contributed by atoms with van der Waals surface area (Å²) in [6.45, 7) is 0.386. The van der Waals surface area contributed by atoms with Gasteiger partial charge in [0.1, 0.15) is 6.10 Å². The van der Waals surface area contributed by atoms with Crippen LogP contribution in [0.1, 0.15) is 18.4 Å². The van der Waals surface area contributed by atoms with E-state index in [9.17, 15) is 9.90 Å². The molecule has 0 bridgehead atoms. The fourth-order valence-corrected chi connectivity index (χ4v) is 2.94. The molecule has 18 heavy (non-hydrogen) atoms. The van der Waals surface area contributed by atoms with Crippen LogP contribution in [0.4, 0.5) is 0 Å². The second-order valence-electron chi connectivity index (χ2n) is 4.72. The standard InChI is InChI=1S/C13H14ClNO3/c14-10-3-1-9(2-4-10)13-6-5-12(17)15(13)7-11(8-16)18-13/h1-4,11,16H,5-8H2/t11-,13+/m0/s1. The molecule has 1 N–H and O–H groups in total. The molecule has 0 unspecified atom stereocenters. The van der Waals surface area contributed by atoms with E-state index in [4.69, 9.17) is 16.3 Å². The van der Waals surface area contributed by atoms with Crippen molar-refractivity contribution in [1.82, 2.24) is 4.90 Å². The number of aliphatic hydroxyl groups excluding tert-OH is 1. The second-order valence-corrected chi connectivity index (χ2v) is 5.15. The lowest BCUT2D eigenvalue weighted by Crippen LogP contribution is -2.38. The van der Waals surface area contributed by atoms with Gasteiger partial charge in [0.15, 0.2) is 5.72 Å². The number of aliphatic hydroxyl groups is 1. The summed E-state index contributed by atoms with van der Waals surface area (Å²) in [7, 11) is 0. The van der Waals surface area contributed by atoms with Gasteiger partial charge in [0, 0.05) is 23.4 Å². The predicted molar refractivity (Wildman–Crippen MR) is 66.0 cm³/mol. The predicted octanol–water partition coefficient (Wildman–Crippen LogP) is 1.51. The molecule has 2 heterocycles. The lowest BCUT2D eigenvalue weighted by atomic mass is 10.0. The zero-order valence-corrected chi connectivity index (χ0v) is 10.6. The summed E-state index contributed by atoms with van der Waals surface area (Å²) >= 11 is 5.88. The van der Waals surface area contributed by atoms with Crippen LogP contribution in [0.25, 0.3) is 0 Å². The topological polar surface area (TPSA) is 49.8 Å². The van der Waals surface area contributed by atoms with Crippen molar-refractivity contribution in [3.63, 3.8) is 0 Å². The van der Waals surface area contributed by atoms with Gasteiger partial charge in [-0.3, -0.25) is 4.79 Å². The summed E-state index contributed by atoms with van der Waals surface area (Å²) < 4.78 is 5.93. The number of rotatable bonds is 2. The highest BCUT2D eigenvalue weighted by molar-refractivity contribution is 6.30. The minimum absolute atomic E-state index is 0.0703. The van der Waals surface area contributed by atoms with E-state index >= 15 is 0 Å². The molecule has 4 nitrogen and oxygen atoms in total. The quantitative estimate of drug-likeness (QED) is 0.884. The zero-order chi connectivity index (χ0) is 12.8. The van der Waals surface area contributed by atoms with Crippen molar-refractivity contribution < 1.29 is 14.6 Å². The third-order valence-electron chi connectivity index (χ3n) is 3.66. The molecule has 0 aliphatic carbocycles. The maximum Gasteiger partial charge on any atom is 0.225 e. The summed E-state index contributed by atoms with van der Waals surface area (Å²) in [6, 6.07) is 7.35. The number of amides is 1. The zero-order valence-electron chi connectivity index (χ0n) is 9.80. The number of carbonyl (C=O) groups is 1. The van der Waals surface area contributed by atoms with Crippen molar-refractivity contribution in [3.05, 3.63) is 34.9 Å². The van der Waals surface area contributed by atoms with E-state index in [1.807, 2.05) is 12.1 Å². The monoisotopic (exact) mass is 267 g/mol. The first-order valence-electron chi connectivity index (χ1n) is 6.01. The van der Waals surface area contributed by atoms with Gasteiger partial charge < -0.3 is 14.7 Å². The van der Waals surface area contributed by atoms with E-state index in [0.29, 0.717) is 24.4 Å². The Balaban J connectivity index is 2.01. The van der Waals surface area contributed by atoms with E-state index in [0.717, 1.165) is 5.56 Å². The summed E-state index contributed by atoms with van der Waals surface area (Å²) in [5.41, 5.74) is 0.225. The van der Waals surface area contributed by atoms with E-state index in [1.54, 1.807) is 17.0 Å². The Kier molecular flexibility index (Phi) is 2.81. The molecule has 1 aromatic rings. The fraction of sp³-hybridized carbons (Fsp3) is 0.462.